The lowest BCUT2D eigenvalue weighted by Gasteiger charge is -2.38. The molecule has 198 valence electrons. The predicted octanol–water partition coefficient (Wildman–Crippen LogP) is 4.44. The average Bonchev–Trinajstić information content (AvgIpc) is 2.87. The zero-order chi connectivity index (χ0) is 26.5. The van der Waals surface area contributed by atoms with Gasteiger partial charge in [0.05, 0.1) is 6.04 Å². The van der Waals surface area contributed by atoms with Crippen molar-refractivity contribution in [3.05, 3.63) is 77.6 Å². The van der Waals surface area contributed by atoms with Crippen molar-refractivity contribution in [2.75, 3.05) is 39.3 Å². The van der Waals surface area contributed by atoms with E-state index in [9.17, 15) is 14.0 Å². The fraction of sp³-hybridized carbons (Fsp3) is 0.467. The van der Waals surface area contributed by atoms with Crippen LogP contribution in [0.1, 0.15) is 49.9 Å². The molecule has 0 spiro atoms. The molecule has 0 aliphatic carbocycles. The number of rotatable bonds is 8. The van der Waals surface area contributed by atoms with Crippen LogP contribution in [0.5, 0.6) is 5.75 Å². The molecule has 1 fully saturated rings. The van der Waals surface area contributed by atoms with Crippen LogP contribution in [0.25, 0.3) is 0 Å². The van der Waals surface area contributed by atoms with Crippen molar-refractivity contribution in [1.29, 1.82) is 0 Å². The Balaban J connectivity index is 1.56. The van der Waals surface area contributed by atoms with E-state index in [0.29, 0.717) is 38.2 Å². The van der Waals surface area contributed by atoms with Gasteiger partial charge in [-0.2, -0.15) is 0 Å². The van der Waals surface area contributed by atoms with Gasteiger partial charge in [-0.05, 0) is 60.2 Å². The molecular weight excluding hydrogens is 469 g/mol. The normalized spacial score (nSPS) is 18.9. The van der Waals surface area contributed by atoms with E-state index in [1.807, 2.05) is 54.0 Å². The van der Waals surface area contributed by atoms with E-state index in [-0.39, 0.29) is 23.5 Å². The number of fused-ring (bicyclic) bond motifs is 1. The van der Waals surface area contributed by atoms with Crippen molar-refractivity contribution in [2.24, 2.45) is 5.92 Å². The first kappa shape index (κ1) is 26.9. The molecule has 0 saturated carbocycles. The Hall–Kier alpha value is -3.19. The molecule has 0 N–H and O–H groups in total. The lowest BCUT2D eigenvalue weighted by Crippen LogP contribution is -2.51. The highest BCUT2D eigenvalue weighted by Crippen LogP contribution is 2.38. The number of carbonyl (C=O) groups excluding carboxylic acids is 2. The second-order valence-electron chi connectivity index (χ2n) is 10.4. The van der Waals surface area contributed by atoms with Crippen molar-refractivity contribution in [1.82, 2.24) is 14.7 Å². The smallest absolute Gasteiger partial charge is 0.263 e. The number of halogens is 1. The maximum atomic E-state index is 14.2. The maximum Gasteiger partial charge on any atom is 0.263 e. The van der Waals surface area contributed by atoms with Crippen molar-refractivity contribution < 1.29 is 18.7 Å². The highest BCUT2D eigenvalue weighted by atomic mass is 19.1. The van der Waals surface area contributed by atoms with Crippen LogP contribution in [0.2, 0.25) is 0 Å². The molecule has 2 aromatic rings. The van der Waals surface area contributed by atoms with E-state index in [4.69, 9.17) is 4.74 Å². The third-order valence-corrected chi connectivity index (χ3v) is 7.15. The SMILES string of the molecule is C=CCN1CCN(C(=O)[C@H](C)Oc2ccc3c(c2)[C@H](c2cccc(F)c2)N(C(=O)CC(C)C)CC3)CC1. The van der Waals surface area contributed by atoms with Gasteiger partial charge in [-0.1, -0.05) is 38.1 Å². The minimum atomic E-state index is -0.640. The number of carbonyl (C=O) groups is 2. The van der Waals surface area contributed by atoms with Crippen LogP contribution in [-0.4, -0.2) is 71.9 Å². The molecule has 6 nitrogen and oxygen atoms in total. The van der Waals surface area contributed by atoms with Crippen molar-refractivity contribution in [3.63, 3.8) is 0 Å². The zero-order valence-electron chi connectivity index (χ0n) is 22.2. The quantitative estimate of drug-likeness (QED) is 0.496. The number of piperazine rings is 1. The molecule has 1 saturated heterocycles. The lowest BCUT2D eigenvalue weighted by molar-refractivity contribution is -0.139. The minimum Gasteiger partial charge on any atom is -0.481 e. The van der Waals surface area contributed by atoms with E-state index >= 15 is 0 Å². The highest BCUT2D eigenvalue weighted by Gasteiger charge is 2.33. The summed E-state index contributed by atoms with van der Waals surface area (Å²) in [6.07, 6.45) is 2.39. The summed E-state index contributed by atoms with van der Waals surface area (Å²) in [6.45, 7) is 14.0. The predicted molar refractivity (Wildman–Crippen MR) is 143 cm³/mol. The summed E-state index contributed by atoms with van der Waals surface area (Å²) in [4.78, 5) is 32.3. The van der Waals surface area contributed by atoms with Crippen molar-refractivity contribution in [3.8, 4) is 5.75 Å². The largest absolute Gasteiger partial charge is 0.481 e. The van der Waals surface area contributed by atoms with Gasteiger partial charge in [0, 0.05) is 45.7 Å². The molecule has 2 aliphatic rings. The van der Waals surface area contributed by atoms with Crippen LogP contribution >= 0.6 is 0 Å². The fourth-order valence-electron chi connectivity index (χ4n) is 5.28. The van der Waals surface area contributed by atoms with Crippen LogP contribution in [0.4, 0.5) is 4.39 Å². The molecule has 0 unspecified atom stereocenters. The molecule has 2 aliphatic heterocycles. The Kier molecular flexibility index (Phi) is 8.64. The van der Waals surface area contributed by atoms with Gasteiger partial charge in [0.1, 0.15) is 11.6 Å². The highest BCUT2D eigenvalue weighted by molar-refractivity contribution is 5.81. The Morgan fingerprint density at radius 3 is 2.51 bits per heavy atom. The molecular formula is C30H38FN3O3. The molecule has 7 heteroatoms. The second kappa shape index (κ2) is 11.9. The van der Waals surface area contributed by atoms with Crippen LogP contribution < -0.4 is 4.74 Å². The fourth-order valence-corrected chi connectivity index (χ4v) is 5.28. The first-order valence-corrected chi connectivity index (χ1v) is 13.2. The third-order valence-electron chi connectivity index (χ3n) is 7.15. The Labute approximate surface area is 219 Å². The number of hydrogen-bond donors (Lipinski definition) is 0. The third kappa shape index (κ3) is 6.39. The number of ether oxygens (including phenoxy) is 1. The van der Waals surface area contributed by atoms with Gasteiger partial charge < -0.3 is 14.5 Å². The standard InChI is InChI=1S/C30H38FN3O3/c1-5-12-32-14-16-33(17-15-32)30(36)22(4)37-26-10-9-23-11-13-34(28(35)18-21(2)3)29(27(23)20-26)24-7-6-8-25(31)19-24/h5-10,19-22,29H,1,11-18H2,2-4H3/t22-,29-/m0/s1. The van der Waals surface area contributed by atoms with E-state index in [1.54, 1.807) is 13.0 Å². The molecule has 2 amide bonds. The Morgan fingerprint density at radius 2 is 1.84 bits per heavy atom. The van der Waals surface area contributed by atoms with Gasteiger partial charge in [-0.15, -0.1) is 6.58 Å². The van der Waals surface area contributed by atoms with Crippen molar-refractivity contribution in [2.45, 2.75) is 45.8 Å². The maximum absolute atomic E-state index is 14.2. The number of amides is 2. The minimum absolute atomic E-state index is 0.0357. The van der Waals surface area contributed by atoms with E-state index < -0.39 is 12.1 Å². The van der Waals surface area contributed by atoms with Gasteiger partial charge in [-0.25, -0.2) is 4.39 Å². The molecule has 2 heterocycles. The Bertz CT molecular complexity index is 1130. The molecule has 2 atom stereocenters. The van der Waals surface area contributed by atoms with Gasteiger partial charge in [0.25, 0.3) is 5.91 Å². The second-order valence-corrected chi connectivity index (χ2v) is 10.4. The summed E-state index contributed by atoms with van der Waals surface area (Å²) in [5, 5.41) is 0. The first-order valence-electron chi connectivity index (χ1n) is 13.2. The molecule has 37 heavy (non-hydrogen) atoms. The Morgan fingerprint density at radius 1 is 1.08 bits per heavy atom. The molecule has 4 rings (SSSR count). The van der Waals surface area contributed by atoms with Gasteiger partial charge >= 0.3 is 0 Å². The average molecular weight is 508 g/mol. The van der Waals surface area contributed by atoms with Crippen LogP contribution in [0, 0.1) is 11.7 Å². The van der Waals surface area contributed by atoms with Crippen molar-refractivity contribution >= 4 is 11.8 Å². The molecule has 0 bridgehead atoms. The molecule has 0 radical (unpaired) electrons. The summed E-state index contributed by atoms with van der Waals surface area (Å²) in [7, 11) is 0. The monoisotopic (exact) mass is 507 g/mol. The zero-order valence-corrected chi connectivity index (χ0v) is 22.2. The van der Waals surface area contributed by atoms with E-state index in [0.717, 1.165) is 36.3 Å². The summed E-state index contributed by atoms with van der Waals surface area (Å²) in [5.41, 5.74) is 2.76. The van der Waals surface area contributed by atoms with Gasteiger partial charge in [0.15, 0.2) is 6.10 Å². The van der Waals surface area contributed by atoms with Crippen LogP contribution in [0.15, 0.2) is 55.1 Å². The number of benzene rings is 2. The topological polar surface area (TPSA) is 53.1 Å². The van der Waals surface area contributed by atoms with Gasteiger partial charge in [-0.3, -0.25) is 14.5 Å². The van der Waals surface area contributed by atoms with E-state index in [2.05, 4.69) is 11.5 Å². The van der Waals surface area contributed by atoms with E-state index in [1.165, 1.54) is 12.1 Å². The van der Waals surface area contributed by atoms with Gasteiger partial charge in [0.2, 0.25) is 5.91 Å². The first-order chi connectivity index (χ1) is 17.8. The summed E-state index contributed by atoms with van der Waals surface area (Å²) in [5.74, 6) is 0.485. The summed E-state index contributed by atoms with van der Waals surface area (Å²) < 4.78 is 20.4. The van der Waals surface area contributed by atoms with Crippen LogP contribution in [0.3, 0.4) is 0 Å². The van der Waals surface area contributed by atoms with Crippen LogP contribution in [-0.2, 0) is 16.0 Å². The number of nitrogens with zero attached hydrogens (tertiary/aromatic N) is 3. The molecule has 0 aromatic heterocycles. The number of hydrogen-bond acceptors (Lipinski definition) is 4. The lowest BCUT2D eigenvalue weighted by atomic mass is 9.87. The summed E-state index contributed by atoms with van der Waals surface area (Å²) >= 11 is 0. The summed E-state index contributed by atoms with van der Waals surface area (Å²) in [6, 6.07) is 11.9. The molecule has 2 aromatic carbocycles.